The van der Waals surface area contributed by atoms with Crippen LogP contribution < -0.4 is 26.6 Å². The Kier molecular flexibility index (Phi) is 24.8. The Morgan fingerprint density at radius 2 is 1.41 bits per heavy atom. The zero-order chi connectivity index (χ0) is 34.5. The van der Waals surface area contributed by atoms with E-state index < -0.39 is 59.9 Å². The highest BCUT2D eigenvalue weighted by Gasteiger charge is 2.32. The molecule has 0 aliphatic carbocycles. The van der Waals surface area contributed by atoms with E-state index >= 15 is 0 Å². The normalized spacial score (nSPS) is 14.8. The second-order valence-electron chi connectivity index (χ2n) is 11.8. The standard InChI is InChI=1S/C31H57N5O8S.CH4/c1-8-12-21(34-31(44)28(20(6)9-2)36-25(38)13-11-14-27(40)41)30(43)35-23(17-19(4)5)24(37)18-26(39)33-22(15-16-45-7)29(42)32-10-3;/h19-24,28,37H,8-18H2,1-7H3,(H,32,42)(H,33,39)(H,34,44)(H,35,43)(H,36,38)(H,40,41);1H4/t20-,21-,22-,23-,24-,28-;/m0./s1. The van der Waals surface area contributed by atoms with Gasteiger partial charge in [0, 0.05) is 19.4 Å². The number of aliphatic carboxylic acids is 1. The third kappa shape index (κ3) is 18.9. The molecule has 0 rings (SSSR count). The number of aliphatic hydroxyl groups excluding tert-OH is 1. The fraction of sp³-hybridized carbons (Fsp3) is 0.812. The molecule has 0 aromatic rings. The molecule has 0 bridgehead atoms. The number of likely N-dealkylation sites (N-methyl/N-ethyl adjacent to an activating group) is 1. The van der Waals surface area contributed by atoms with E-state index in [4.69, 9.17) is 5.11 Å². The molecule has 0 aliphatic rings. The number of carboxylic acid groups (broad SMARTS) is 1. The van der Waals surface area contributed by atoms with Gasteiger partial charge in [-0.2, -0.15) is 11.8 Å². The summed E-state index contributed by atoms with van der Waals surface area (Å²) in [4.78, 5) is 75.3. The molecule has 46 heavy (non-hydrogen) atoms. The van der Waals surface area contributed by atoms with Crippen molar-refractivity contribution in [3.8, 4) is 0 Å². The average Bonchev–Trinajstić information content (AvgIpc) is 2.96. The van der Waals surface area contributed by atoms with E-state index in [1.807, 2.05) is 34.0 Å². The largest absolute Gasteiger partial charge is 0.481 e. The highest BCUT2D eigenvalue weighted by Crippen LogP contribution is 2.14. The van der Waals surface area contributed by atoms with Gasteiger partial charge in [0.2, 0.25) is 29.5 Å². The molecule has 5 amide bonds. The molecule has 7 N–H and O–H groups in total. The van der Waals surface area contributed by atoms with E-state index in [0.29, 0.717) is 44.4 Å². The fourth-order valence-electron chi connectivity index (χ4n) is 4.66. The number of carboxylic acids is 1. The third-order valence-corrected chi connectivity index (χ3v) is 7.99. The maximum atomic E-state index is 13.5. The van der Waals surface area contributed by atoms with Crippen molar-refractivity contribution < 1.29 is 39.0 Å². The second kappa shape index (κ2) is 25.2. The molecule has 0 aromatic heterocycles. The molecule has 268 valence electrons. The van der Waals surface area contributed by atoms with Crippen molar-refractivity contribution in [3.63, 3.8) is 0 Å². The Bertz CT molecular complexity index is 951. The summed E-state index contributed by atoms with van der Waals surface area (Å²) in [6, 6.07) is -3.42. The summed E-state index contributed by atoms with van der Waals surface area (Å²) in [6.07, 6.45) is 2.47. The molecule has 0 spiro atoms. The number of hydrogen-bond acceptors (Lipinski definition) is 8. The Labute approximate surface area is 279 Å². The van der Waals surface area contributed by atoms with Crippen LogP contribution in [-0.4, -0.2) is 94.5 Å². The van der Waals surface area contributed by atoms with E-state index in [0.717, 1.165) is 0 Å². The minimum absolute atomic E-state index is 0. The predicted octanol–water partition coefficient (Wildman–Crippen LogP) is 2.35. The first kappa shape index (κ1) is 45.3. The Morgan fingerprint density at radius 1 is 0.783 bits per heavy atom. The van der Waals surface area contributed by atoms with E-state index in [1.54, 1.807) is 25.6 Å². The molecular weight excluding hydrogens is 614 g/mol. The fourth-order valence-corrected chi connectivity index (χ4v) is 5.13. The van der Waals surface area contributed by atoms with Crippen LogP contribution in [-0.2, 0) is 28.8 Å². The van der Waals surface area contributed by atoms with Crippen LogP contribution in [0.25, 0.3) is 0 Å². The summed E-state index contributed by atoms with van der Waals surface area (Å²) in [5.74, 6) is -2.87. The van der Waals surface area contributed by atoms with Crippen LogP contribution in [0.3, 0.4) is 0 Å². The zero-order valence-electron chi connectivity index (χ0n) is 28.1. The van der Waals surface area contributed by atoms with Gasteiger partial charge in [0.1, 0.15) is 18.1 Å². The van der Waals surface area contributed by atoms with Gasteiger partial charge in [-0.3, -0.25) is 28.8 Å². The van der Waals surface area contributed by atoms with E-state index in [9.17, 15) is 33.9 Å². The van der Waals surface area contributed by atoms with Crippen LogP contribution in [0.1, 0.15) is 107 Å². The van der Waals surface area contributed by atoms with Gasteiger partial charge in [-0.25, -0.2) is 0 Å². The lowest BCUT2D eigenvalue weighted by atomic mass is 9.95. The highest BCUT2D eigenvalue weighted by molar-refractivity contribution is 7.98. The van der Waals surface area contributed by atoms with Gasteiger partial charge in [-0.05, 0) is 56.5 Å². The third-order valence-electron chi connectivity index (χ3n) is 7.34. The first-order valence-electron chi connectivity index (χ1n) is 16.1. The van der Waals surface area contributed by atoms with Crippen LogP contribution in [0.15, 0.2) is 0 Å². The molecule has 6 atom stereocenters. The number of carbonyl (C=O) groups excluding carboxylic acids is 5. The Hall–Kier alpha value is -2.87. The molecule has 14 heteroatoms. The van der Waals surface area contributed by atoms with Gasteiger partial charge < -0.3 is 36.8 Å². The van der Waals surface area contributed by atoms with Crippen LogP contribution in [0, 0.1) is 11.8 Å². The zero-order valence-corrected chi connectivity index (χ0v) is 28.9. The molecule has 13 nitrogen and oxygen atoms in total. The Balaban J connectivity index is 0. The molecule has 0 radical (unpaired) electrons. The lowest BCUT2D eigenvalue weighted by Crippen LogP contribution is -2.57. The van der Waals surface area contributed by atoms with Crippen LogP contribution in [0.5, 0.6) is 0 Å². The van der Waals surface area contributed by atoms with Gasteiger partial charge in [0.05, 0.1) is 18.6 Å². The average molecular weight is 676 g/mol. The first-order chi connectivity index (χ1) is 21.2. The van der Waals surface area contributed by atoms with Crippen molar-refractivity contribution in [2.24, 2.45) is 11.8 Å². The van der Waals surface area contributed by atoms with Crippen LogP contribution in [0.2, 0.25) is 0 Å². The molecule has 0 fully saturated rings. The van der Waals surface area contributed by atoms with Crippen LogP contribution in [0.4, 0.5) is 0 Å². The summed E-state index contributed by atoms with van der Waals surface area (Å²) in [6.45, 7) is 11.6. The van der Waals surface area contributed by atoms with Crippen molar-refractivity contribution in [3.05, 3.63) is 0 Å². The quantitative estimate of drug-likeness (QED) is 0.0801. The number of hydrogen-bond donors (Lipinski definition) is 7. The molecule has 0 unspecified atom stereocenters. The number of aliphatic hydroxyl groups is 1. The van der Waals surface area contributed by atoms with Crippen molar-refractivity contribution >= 4 is 47.3 Å². The summed E-state index contributed by atoms with van der Waals surface area (Å²) in [5.41, 5.74) is 0. The second-order valence-corrected chi connectivity index (χ2v) is 12.8. The molecule has 0 aromatic carbocycles. The number of carbonyl (C=O) groups is 6. The summed E-state index contributed by atoms with van der Waals surface area (Å²) >= 11 is 1.55. The van der Waals surface area contributed by atoms with E-state index in [-0.39, 0.29) is 50.9 Å². The summed E-state index contributed by atoms with van der Waals surface area (Å²) in [7, 11) is 0. The maximum absolute atomic E-state index is 13.5. The van der Waals surface area contributed by atoms with Crippen molar-refractivity contribution in [1.82, 2.24) is 26.6 Å². The van der Waals surface area contributed by atoms with Gasteiger partial charge >= 0.3 is 5.97 Å². The molecule has 0 saturated carbocycles. The maximum Gasteiger partial charge on any atom is 0.303 e. The molecular formula is C32H61N5O8S. The molecule has 0 aliphatic heterocycles. The van der Waals surface area contributed by atoms with E-state index in [2.05, 4.69) is 26.6 Å². The lowest BCUT2D eigenvalue weighted by molar-refractivity contribution is -0.137. The minimum atomic E-state index is -1.25. The van der Waals surface area contributed by atoms with Crippen LogP contribution >= 0.6 is 11.8 Å². The monoisotopic (exact) mass is 675 g/mol. The van der Waals surface area contributed by atoms with Gasteiger partial charge in [0.25, 0.3) is 0 Å². The van der Waals surface area contributed by atoms with Crippen molar-refractivity contribution in [1.29, 1.82) is 0 Å². The SMILES string of the molecule is C.CCC[C@H](NC(=O)[C@@H](NC(=O)CCCC(=O)O)[C@@H](C)CC)C(=O)N[C@@H](CC(C)C)[C@@H](O)CC(=O)N[C@@H](CCSC)C(=O)NCC. The predicted molar refractivity (Wildman–Crippen MR) is 182 cm³/mol. The molecule has 0 saturated heterocycles. The number of thioether (sulfide) groups is 1. The summed E-state index contributed by atoms with van der Waals surface area (Å²) < 4.78 is 0. The number of amides is 5. The molecule has 0 heterocycles. The summed E-state index contributed by atoms with van der Waals surface area (Å²) in [5, 5.41) is 33.6. The number of nitrogens with one attached hydrogen (secondary N) is 5. The smallest absolute Gasteiger partial charge is 0.303 e. The van der Waals surface area contributed by atoms with Gasteiger partial charge in [0.15, 0.2) is 0 Å². The lowest BCUT2D eigenvalue weighted by Gasteiger charge is -2.30. The van der Waals surface area contributed by atoms with Gasteiger partial charge in [-0.15, -0.1) is 0 Å². The van der Waals surface area contributed by atoms with Crippen molar-refractivity contribution in [2.75, 3.05) is 18.6 Å². The highest BCUT2D eigenvalue weighted by atomic mass is 32.2. The van der Waals surface area contributed by atoms with Crippen molar-refractivity contribution in [2.45, 2.75) is 137 Å². The first-order valence-corrected chi connectivity index (χ1v) is 17.5. The van der Waals surface area contributed by atoms with E-state index in [1.165, 1.54) is 0 Å². The van der Waals surface area contributed by atoms with Gasteiger partial charge in [-0.1, -0.05) is 54.9 Å². The topological polar surface area (TPSA) is 203 Å². The minimum Gasteiger partial charge on any atom is -0.481 e. The number of rotatable bonds is 24. The Morgan fingerprint density at radius 3 is 1.93 bits per heavy atom.